The molecule has 92 valence electrons. The molecule has 0 bridgehead atoms. The van der Waals surface area contributed by atoms with Gasteiger partial charge in [-0.3, -0.25) is 4.79 Å². The number of hydrogen-bond donors (Lipinski definition) is 1. The average Bonchev–Trinajstić information content (AvgIpc) is 2.36. The molecule has 0 spiro atoms. The average molecular weight is 372 g/mol. The zero-order valence-electron chi connectivity index (χ0n) is 9.71. The van der Waals surface area contributed by atoms with Crippen LogP contribution in [0.1, 0.15) is 15.9 Å². The molecule has 0 fully saturated rings. The van der Waals surface area contributed by atoms with Gasteiger partial charge < -0.3 is 5.32 Å². The van der Waals surface area contributed by atoms with Crippen molar-refractivity contribution < 1.29 is 4.79 Å². The molecule has 0 aliphatic carbocycles. The van der Waals surface area contributed by atoms with Gasteiger partial charge in [0.25, 0.3) is 5.91 Å². The topological polar surface area (TPSA) is 29.1 Å². The van der Waals surface area contributed by atoms with E-state index in [0.29, 0.717) is 10.6 Å². The van der Waals surface area contributed by atoms with Gasteiger partial charge in [-0.15, -0.1) is 0 Å². The number of benzene rings is 2. The molecule has 2 nitrogen and oxygen atoms in total. The van der Waals surface area contributed by atoms with Gasteiger partial charge in [0.2, 0.25) is 0 Å². The Hall–Kier alpha value is -1.07. The summed E-state index contributed by atoms with van der Waals surface area (Å²) < 4.78 is 1.10. The summed E-state index contributed by atoms with van der Waals surface area (Å²) in [6.45, 7) is 1.88. The lowest BCUT2D eigenvalue weighted by molar-refractivity contribution is 0.102. The summed E-state index contributed by atoms with van der Waals surface area (Å²) in [5, 5.41) is 3.51. The van der Waals surface area contributed by atoms with Crippen molar-refractivity contribution in [3.63, 3.8) is 0 Å². The van der Waals surface area contributed by atoms with Crippen LogP contribution < -0.4 is 5.32 Å². The second-order valence-electron chi connectivity index (χ2n) is 3.87. The second kappa shape index (κ2) is 5.71. The van der Waals surface area contributed by atoms with Gasteiger partial charge in [-0.25, -0.2) is 0 Å². The van der Waals surface area contributed by atoms with Crippen LogP contribution in [-0.2, 0) is 0 Å². The first-order valence-corrected chi connectivity index (χ1v) is 6.85. The lowest BCUT2D eigenvalue weighted by atomic mass is 10.1. The highest BCUT2D eigenvalue weighted by atomic mass is 127. The van der Waals surface area contributed by atoms with Gasteiger partial charge in [0.15, 0.2) is 0 Å². The number of nitrogens with one attached hydrogen (secondary N) is 1. The van der Waals surface area contributed by atoms with E-state index in [0.717, 1.165) is 14.8 Å². The number of carbonyl (C=O) groups is 1. The predicted octanol–water partition coefficient (Wildman–Crippen LogP) is 4.51. The van der Waals surface area contributed by atoms with Gasteiger partial charge in [-0.2, -0.15) is 0 Å². The Kier molecular flexibility index (Phi) is 4.24. The largest absolute Gasteiger partial charge is 0.322 e. The fourth-order valence-corrected chi connectivity index (χ4v) is 2.07. The Morgan fingerprint density at radius 2 is 1.83 bits per heavy atom. The standard InChI is InChI=1S/C14H11ClINO/c1-9-12(15)3-2-4-13(9)17-14(18)10-5-7-11(16)8-6-10/h2-8H,1H3,(H,17,18). The van der Waals surface area contributed by atoms with E-state index in [1.807, 2.05) is 31.2 Å². The van der Waals surface area contributed by atoms with E-state index in [1.54, 1.807) is 18.2 Å². The maximum Gasteiger partial charge on any atom is 0.255 e. The minimum Gasteiger partial charge on any atom is -0.322 e. The molecule has 0 unspecified atom stereocenters. The number of halogens is 2. The van der Waals surface area contributed by atoms with Crippen molar-refractivity contribution in [2.75, 3.05) is 5.32 Å². The Balaban J connectivity index is 2.21. The minimum absolute atomic E-state index is 0.128. The van der Waals surface area contributed by atoms with Crippen molar-refractivity contribution in [2.45, 2.75) is 6.92 Å². The highest BCUT2D eigenvalue weighted by Gasteiger charge is 2.08. The summed E-state index contributed by atoms with van der Waals surface area (Å²) in [5.41, 5.74) is 2.25. The third-order valence-electron chi connectivity index (χ3n) is 2.62. The van der Waals surface area contributed by atoms with Gasteiger partial charge in [0.05, 0.1) is 0 Å². The molecule has 2 aromatic rings. The smallest absolute Gasteiger partial charge is 0.255 e. The monoisotopic (exact) mass is 371 g/mol. The first kappa shape index (κ1) is 13.4. The number of hydrogen-bond acceptors (Lipinski definition) is 1. The third-order valence-corrected chi connectivity index (χ3v) is 3.75. The maximum absolute atomic E-state index is 12.0. The van der Waals surface area contributed by atoms with Gasteiger partial charge in [-0.05, 0) is 71.5 Å². The fourth-order valence-electron chi connectivity index (χ4n) is 1.54. The zero-order valence-corrected chi connectivity index (χ0v) is 12.6. The highest BCUT2D eigenvalue weighted by Crippen LogP contribution is 2.23. The molecular weight excluding hydrogens is 361 g/mol. The van der Waals surface area contributed by atoms with Crippen LogP contribution >= 0.6 is 34.2 Å². The van der Waals surface area contributed by atoms with Crippen molar-refractivity contribution in [3.05, 3.63) is 62.2 Å². The SMILES string of the molecule is Cc1c(Cl)cccc1NC(=O)c1ccc(I)cc1. The second-order valence-corrected chi connectivity index (χ2v) is 5.53. The first-order valence-electron chi connectivity index (χ1n) is 5.40. The molecule has 4 heteroatoms. The van der Waals surface area contributed by atoms with Crippen LogP contribution in [-0.4, -0.2) is 5.91 Å². The lowest BCUT2D eigenvalue weighted by Gasteiger charge is -2.09. The van der Waals surface area contributed by atoms with E-state index in [-0.39, 0.29) is 5.91 Å². The first-order chi connectivity index (χ1) is 8.58. The normalized spacial score (nSPS) is 10.2. The fraction of sp³-hybridized carbons (Fsp3) is 0.0714. The van der Waals surface area contributed by atoms with Gasteiger partial charge in [0.1, 0.15) is 0 Å². The summed E-state index contributed by atoms with van der Waals surface area (Å²) >= 11 is 8.22. The summed E-state index contributed by atoms with van der Waals surface area (Å²) in [7, 11) is 0. The van der Waals surface area contributed by atoms with E-state index in [2.05, 4.69) is 27.9 Å². The van der Waals surface area contributed by atoms with Crippen molar-refractivity contribution in [2.24, 2.45) is 0 Å². The van der Waals surface area contributed by atoms with E-state index < -0.39 is 0 Å². The number of anilines is 1. The molecule has 18 heavy (non-hydrogen) atoms. The van der Waals surface area contributed by atoms with E-state index in [9.17, 15) is 4.79 Å². The molecular formula is C14H11ClINO. The number of amides is 1. The molecule has 0 saturated carbocycles. The number of carbonyl (C=O) groups excluding carboxylic acids is 1. The Morgan fingerprint density at radius 3 is 2.50 bits per heavy atom. The molecule has 0 radical (unpaired) electrons. The van der Waals surface area contributed by atoms with Crippen LogP contribution in [0.3, 0.4) is 0 Å². The van der Waals surface area contributed by atoms with Crippen LogP contribution in [0.15, 0.2) is 42.5 Å². The molecule has 0 heterocycles. The van der Waals surface area contributed by atoms with Crippen LogP contribution in [0.4, 0.5) is 5.69 Å². The van der Waals surface area contributed by atoms with E-state index in [1.165, 1.54) is 0 Å². The molecule has 1 N–H and O–H groups in total. The summed E-state index contributed by atoms with van der Waals surface area (Å²) in [5.74, 6) is -0.128. The Labute approximate surface area is 124 Å². The molecule has 0 aliphatic heterocycles. The summed E-state index contributed by atoms with van der Waals surface area (Å²) in [6, 6.07) is 12.9. The van der Waals surface area contributed by atoms with Crippen LogP contribution in [0, 0.1) is 10.5 Å². The molecule has 0 atom stereocenters. The molecule has 2 rings (SSSR count). The van der Waals surface area contributed by atoms with Gasteiger partial charge in [-0.1, -0.05) is 17.7 Å². The van der Waals surface area contributed by atoms with Gasteiger partial charge in [0, 0.05) is 19.8 Å². The molecule has 2 aromatic carbocycles. The lowest BCUT2D eigenvalue weighted by Crippen LogP contribution is -2.12. The highest BCUT2D eigenvalue weighted by molar-refractivity contribution is 14.1. The third kappa shape index (κ3) is 3.03. The zero-order chi connectivity index (χ0) is 13.1. The van der Waals surface area contributed by atoms with Crippen molar-refractivity contribution >= 4 is 45.8 Å². The molecule has 0 aromatic heterocycles. The number of rotatable bonds is 2. The molecule has 0 saturated heterocycles. The van der Waals surface area contributed by atoms with Crippen molar-refractivity contribution in [1.29, 1.82) is 0 Å². The van der Waals surface area contributed by atoms with Crippen molar-refractivity contribution in [3.8, 4) is 0 Å². The molecule has 0 aliphatic rings. The van der Waals surface area contributed by atoms with Gasteiger partial charge >= 0.3 is 0 Å². The predicted molar refractivity (Wildman–Crippen MR) is 83.3 cm³/mol. The van der Waals surface area contributed by atoms with E-state index in [4.69, 9.17) is 11.6 Å². The molecule has 1 amide bonds. The summed E-state index contributed by atoms with van der Waals surface area (Å²) in [4.78, 5) is 12.0. The Bertz CT molecular complexity index is 581. The van der Waals surface area contributed by atoms with Crippen LogP contribution in [0.5, 0.6) is 0 Å². The van der Waals surface area contributed by atoms with Crippen LogP contribution in [0.25, 0.3) is 0 Å². The Morgan fingerprint density at radius 1 is 1.17 bits per heavy atom. The maximum atomic E-state index is 12.0. The van der Waals surface area contributed by atoms with Crippen LogP contribution in [0.2, 0.25) is 5.02 Å². The van der Waals surface area contributed by atoms with Crippen molar-refractivity contribution in [1.82, 2.24) is 0 Å². The van der Waals surface area contributed by atoms with E-state index >= 15 is 0 Å². The summed E-state index contributed by atoms with van der Waals surface area (Å²) in [6.07, 6.45) is 0. The quantitative estimate of drug-likeness (QED) is 0.774. The minimum atomic E-state index is -0.128.